The van der Waals surface area contributed by atoms with Gasteiger partial charge in [-0.2, -0.15) is 0 Å². The normalized spacial score (nSPS) is 39.8. The van der Waals surface area contributed by atoms with E-state index in [4.69, 9.17) is 0 Å². The molecule has 0 saturated heterocycles. The average Bonchev–Trinajstić information content (AvgIpc) is 2.16. The van der Waals surface area contributed by atoms with Crippen LogP contribution < -0.4 is 0 Å². The second-order valence-corrected chi connectivity index (χ2v) is 5.97. The van der Waals surface area contributed by atoms with Crippen LogP contribution in [-0.2, 0) is 0 Å². The molecule has 0 bridgehead atoms. The fraction of sp³-hybridized carbons (Fsp3) is 0.733. The Morgan fingerprint density at radius 1 is 1.50 bits per heavy atom. The Bertz CT molecular complexity index is 279. The van der Waals surface area contributed by atoms with Crippen molar-refractivity contribution in [3.63, 3.8) is 0 Å². The third-order valence-corrected chi connectivity index (χ3v) is 4.36. The summed E-state index contributed by atoms with van der Waals surface area (Å²) in [4.78, 5) is 0. The summed E-state index contributed by atoms with van der Waals surface area (Å²) in [6.45, 7) is 16.6. The molecule has 0 amide bonds. The van der Waals surface area contributed by atoms with Gasteiger partial charge in [0, 0.05) is 5.92 Å². The second kappa shape index (κ2) is 4.75. The van der Waals surface area contributed by atoms with E-state index in [2.05, 4.69) is 33.9 Å². The van der Waals surface area contributed by atoms with Crippen LogP contribution in [-0.4, -0.2) is 11.2 Å². The zero-order valence-corrected chi connectivity index (χ0v) is 11.2. The Hall–Kier alpha value is -0.560. The molecule has 0 unspecified atom stereocenters. The third-order valence-electron chi connectivity index (χ3n) is 4.36. The van der Waals surface area contributed by atoms with Gasteiger partial charge in [-0.25, -0.2) is 0 Å². The molecule has 0 spiro atoms. The Kier molecular flexibility index (Phi) is 4.01. The van der Waals surface area contributed by atoms with Crippen LogP contribution in [0.2, 0.25) is 0 Å². The summed E-state index contributed by atoms with van der Waals surface area (Å²) in [5.74, 6) is 1.09. The van der Waals surface area contributed by atoms with Crippen LogP contribution in [0, 0.1) is 23.2 Å². The van der Waals surface area contributed by atoms with Crippen LogP contribution in [0.3, 0.4) is 0 Å². The smallest absolute Gasteiger partial charge is 0.0644 e. The quantitative estimate of drug-likeness (QED) is 0.720. The van der Waals surface area contributed by atoms with Crippen LogP contribution in [0.25, 0.3) is 0 Å². The van der Waals surface area contributed by atoms with Crippen molar-refractivity contribution in [2.24, 2.45) is 23.2 Å². The van der Waals surface area contributed by atoms with Gasteiger partial charge in [-0.05, 0) is 37.0 Å². The lowest BCUT2D eigenvalue weighted by Gasteiger charge is -2.48. The van der Waals surface area contributed by atoms with E-state index in [-0.39, 0.29) is 17.4 Å². The monoisotopic (exact) mass is 222 g/mol. The van der Waals surface area contributed by atoms with Gasteiger partial charge in [-0.1, -0.05) is 39.0 Å². The fourth-order valence-electron chi connectivity index (χ4n) is 3.25. The largest absolute Gasteiger partial charge is 0.392 e. The van der Waals surface area contributed by atoms with Gasteiger partial charge in [0.1, 0.15) is 0 Å². The summed E-state index contributed by atoms with van der Waals surface area (Å²) in [6.07, 6.45) is 3.93. The molecule has 0 aromatic carbocycles. The predicted molar refractivity (Wildman–Crippen MR) is 70.2 cm³/mol. The maximum atomic E-state index is 10.5. The zero-order valence-electron chi connectivity index (χ0n) is 11.2. The molecule has 1 aliphatic carbocycles. The van der Waals surface area contributed by atoms with E-state index in [0.717, 1.165) is 18.4 Å². The molecule has 1 rings (SSSR count). The van der Waals surface area contributed by atoms with E-state index < -0.39 is 0 Å². The number of hydrogen-bond donors (Lipinski definition) is 1. The van der Waals surface area contributed by atoms with E-state index in [1.54, 1.807) is 0 Å². The van der Waals surface area contributed by atoms with Crippen molar-refractivity contribution < 1.29 is 5.11 Å². The molecule has 0 aromatic rings. The van der Waals surface area contributed by atoms with Gasteiger partial charge < -0.3 is 5.11 Å². The van der Waals surface area contributed by atoms with Gasteiger partial charge in [0.05, 0.1) is 6.10 Å². The van der Waals surface area contributed by atoms with Crippen molar-refractivity contribution in [3.05, 3.63) is 24.8 Å². The predicted octanol–water partition coefficient (Wildman–Crippen LogP) is 3.80. The minimum Gasteiger partial charge on any atom is -0.392 e. The second-order valence-electron chi connectivity index (χ2n) is 5.97. The summed E-state index contributed by atoms with van der Waals surface area (Å²) in [6, 6.07) is 0. The molecule has 0 aliphatic heterocycles. The van der Waals surface area contributed by atoms with Gasteiger partial charge in [0.25, 0.3) is 0 Å². The lowest BCUT2D eigenvalue weighted by molar-refractivity contribution is -0.0362. The number of hydrogen-bond acceptors (Lipinski definition) is 1. The molecule has 1 saturated carbocycles. The van der Waals surface area contributed by atoms with E-state index in [1.165, 1.54) is 0 Å². The molecule has 1 heteroatoms. The average molecular weight is 222 g/mol. The molecule has 1 nitrogen and oxygen atoms in total. The number of rotatable bonds is 3. The fourth-order valence-corrected chi connectivity index (χ4v) is 3.25. The summed E-state index contributed by atoms with van der Waals surface area (Å²) in [5.41, 5.74) is 1.09. The van der Waals surface area contributed by atoms with Crippen molar-refractivity contribution >= 4 is 0 Å². The highest BCUT2D eigenvalue weighted by Gasteiger charge is 2.45. The maximum absolute atomic E-state index is 10.5. The lowest BCUT2D eigenvalue weighted by Crippen LogP contribution is -2.46. The van der Waals surface area contributed by atoms with Gasteiger partial charge in [-0.15, -0.1) is 6.58 Å². The number of aliphatic hydroxyl groups excluding tert-OH is 1. The van der Waals surface area contributed by atoms with Crippen molar-refractivity contribution in [2.75, 3.05) is 0 Å². The minimum atomic E-state index is -0.269. The Morgan fingerprint density at radius 2 is 2.06 bits per heavy atom. The summed E-state index contributed by atoms with van der Waals surface area (Å²) in [7, 11) is 0. The number of aliphatic hydroxyl groups is 1. The molecule has 1 aliphatic rings. The molecule has 16 heavy (non-hydrogen) atoms. The molecular weight excluding hydrogens is 196 g/mol. The minimum absolute atomic E-state index is 0.0106. The molecule has 4 atom stereocenters. The van der Waals surface area contributed by atoms with Crippen molar-refractivity contribution in [1.82, 2.24) is 0 Å². The van der Waals surface area contributed by atoms with Gasteiger partial charge >= 0.3 is 0 Å². The van der Waals surface area contributed by atoms with Crippen molar-refractivity contribution in [3.8, 4) is 0 Å². The topological polar surface area (TPSA) is 20.2 Å². The summed E-state index contributed by atoms with van der Waals surface area (Å²) < 4.78 is 0. The van der Waals surface area contributed by atoms with Gasteiger partial charge in [0.2, 0.25) is 0 Å². The highest BCUT2D eigenvalue weighted by atomic mass is 16.3. The molecule has 1 fully saturated rings. The molecule has 1 N–H and O–H groups in total. The third kappa shape index (κ3) is 2.24. The van der Waals surface area contributed by atoms with E-state index in [9.17, 15) is 5.11 Å². The van der Waals surface area contributed by atoms with Crippen LogP contribution in [0.5, 0.6) is 0 Å². The Labute approximate surface area is 100 Å². The molecule has 0 radical (unpaired) electrons. The molecule has 0 aromatic heterocycles. The summed E-state index contributed by atoms with van der Waals surface area (Å²) >= 11 is 0. The first-order chi connectivity index (χ1) is 7.33. The van der Waals surface area contributed by atoms with E-state index >= 15 is 0 Å². The van der Waals surface area contributed by atoms with E-state index in [0.29, 0.717) is 11.8 Å². The standard InChI is InChI=1S/C15H26O/c1-7-15(6)9-8-12(10(2)3)14(16)13(15)11(4)5/h7,10,12-14,16H,1,4,8-9H2,2-3,5-6H3/t12-,13-,14+,15-/m1/s1. The van der Waals surface area contributed by atoms with Gasteiger partial charge in [0.15, 0.2) is 0 Å². The van der Waals surface area contributed by atoms with Crippen LogP contribution >= 0.6 is 0 Å². The highest BCUT2D eigenvalue weighted by molar-refractivity contribution is 5.15. The number of allylic oxidation sites excluding steroid dienone is 1. The first-order valence-corrected chi connectivity index (χ1v) is 6.30. The molecule has 92 valence electrons. The van der Waals surface area contributed by atoms with Gasteiger partial charge in [-0.3, -0.25) is 0 Å². The Morgan fingerprint density at radius 3 is 2.44 bits per heavy atom. The molecular formula is C15H26O. The first kappa shape index (κ1) is 13.5. The Balaban J connectivity index is 3.01. The highest BCUT2D eigenvalue weighted by Crippen LogP contribution is 2.48. The van der Waals surface area contributed by atoms with Crippen LogP contribution in [0.15, 0.2) is 24.8 Å². The summed E-state index contributed by atoms with van der Waals surface area (Å²) in [5, 5.41) is 10.5. The zero-order chi connectivity index (χ0) is 12.5. The van der Waals surface area contributed by atoms with Crippen molar-refractivity contribution in [1.29, 1.82) is 0 Å². The SMILES string of the molecule is C=C[C@]1(C)CC[C@H](C(C)C)[C@H](O)[C@H]1C(=C)C. The van der Waals surface area contributed by atoms with Crippen molar-refractivity contribution in [2.45, 2.75) is 46.6 Å². The van der Waals surface area contributed by atoms with Crippen LogP contribution in [0.1, 0.15) is 40.5 Å². The molecule has 0 heterocycles. The lowest BCUT2D eigenvalue weighted by atomic mass is 9.59. The van der Waals surface area contributed by atoms with E-state index in [1.807, 2.05) is 13.0 Å². The van der Waals surface area contributed by atoms with Crippen LogP contribution in [0.4, 0.5) is 0 Å². The first-order valence-electron chi connectivity index (χ1n) is 6.30. The maximum Gasteiger partial charge on any atom is 0.0644 e.